The maximum atomic E-state index is 12.6. The summed E-state index contributed by atoms with van der Waals surface area (Å²) in [6.45, 7) is 3.09. The SMILES string of the molecule is CCCS(=O)(=O)N1CCn2cccc2C1c1cccnc1. The summed E-state index contributed by atoms with van der Waals surface area (Å²) in [4.78, 5) is 4.15. The van der Waals surface area contributed by atoms with Gasteiger partial charge in [0.05, 0.1) is 11.8 Å². The van der Waals surface area contributed by atoms with E-state index in [1.165, 1.54) is 0 Å². The van der Waals surface area contributed by atoms with E-state index >= 15 is 0 Å². The Bertz CT molecular complexity index is 710. The van der Waals surface area contributed by atoms with E-state index in [9.17, 15) is 8.42 Å². The van der Waals surface area contributed by atoms with Crippen LogP contribution in [-0.4, -0.2) is 34.6 Å². The lowest BCUT2D eigenvalue weighted by Crippen LogP contribution is -2.43. The van der Waals surface area contributed by atoms with E-state index in [1.54, 1.807) is 16.7 Å². The fourth-order valence-corrected chi connectivity index (χ4v) is 4.57. The molecule has 21 heavy (non-hydrogen) atoms. The zero-order valence-corrected chi connectivity index (χ0v) is 12.8. The molecule has 0 saturated carbocycles. The van der Waals surface area contributed by atoms with Crippen LogP contribution < -0.4 is 0 Å². The number of sulfonamides is 1. The van der Waals surface area contributed by atoms with Crippen LogP contribution in [0.5, 0.6) is 0 Å². The number of hydrogen-bond donors (Lipinski definition) is 0. The summed E-state index contributed by atoms with van der Waals surface area (Å²) < 4.78 is 28.9. The lowest BCUT2D eigenvalue weighted by Gasteiger charge is -2.36. The van der Waals surface area contributed by atoms with Crippen LogP contribution in [0.4, 0.5) is 0 Å². The number of aromatic nitrogens is 2. The average molecular weight is 305 g/mol. The van der Waals surface area contributed by atoms with Gasteiger partial charge in [-0.25, -0.2) is 8.42 Å². The fourth-order valence-electron chi connectivity index (χ4n) is 2.91. The minimum atomic E-state index is -3.26. The van der Waals surface area contributed by atoms with Crippen LogP contribution in [-0.2, 0) is 16.6 Å². The van der Waals surface area contributed by atoms with Gasteiger partial charge in [0.1, 0.15) is 0 Å². The van der Waals surface area contributed by atoms with E-state index in [1.807, 2.05) is 37.4 Å². The van der Waals surface area contributed by atoms with Gasteiger partial charge < -0.3 is 4.57 Å². The van der Waals surface area contributed by atoms with Crippen molar-refractivity contribution < 1.29 is 8.42 Å². The quantitative estimate of drug-likeness (QED) is 0.868. The maximum absolute atomic E-state index is 12.6. The van der Waals surface area contributed by atoms with Crippen LogP contribution in [0.3, 0.4) is 0 Å². The van der Waals surface area contributed by atoms with Crippen molar-refractivity contribution in [1.82, 2.24) is 13.9 Å². The predicted molar refractivity (Wildman–Crippen MR) is 81.3 cm³/mol. The molecule has 0 aromatic carbocycles. The second kappa shape index (κ2) is 5.61. The Morgan fingerprint density at radius 3 is 2.86 bits per heavy atom. The standard InChI is InChI=1S/C15H19N3O2S/c1-2-11-21(19,20)18-10-9-17-8-4-6-14(17)15(18)13-5-3-7-16-12-13/h3-8,12,15H,2,9-11H2,1H3. The number of hydrogen-bond acceptors (Lipinski definition) is 3. The molecule has 0 saturated heterocycles. The molecule has 0 bridgehead atoms. The van der Waals surface area contributed by atoms with Gasteiger partial charge in [-0.1, -0.05) is 13.0 Å². The van der Waals surface area contributed by atoms with Crippen LogP contribution in [0.15, 0.2) is 42.9 Å². The van der Waals surface area contributed by atoms with Crippen molar-refractivity contribution in [1.29, 1.82) is 0 Å². The number of nitrogens with zero attached hydrogens (tertiary/aromatic N) is 3. The van der Waals surface area contributed by atoms with Crippen LogP contribution in [0.2, 0.25) is 0 Å². The highest BCUT2D eigenvalue weighted by Gasteiger charge is 2.36. The zero-order chi connectivity index (χ0) is 14.9. The fraction of sp³-hybridized carbons (Fsp3) is 0.400. The van der Waals surface area contributed by atoms with Crippen molar-refractivity contribution in [2.24, 2.45) is 0 Å². The largest absolute Gasteiger partial charge is 0.348 e. The molecule has 3 heterocycles. The van der Waals surface area contributed by atoms with Crippen molar-refractivity contribution in [3.63, 3.8) is 0 Å². The molecule has 0 radical (unpaired) electrons. The van der Waals surface area contributed by atoms with E-state index in [2.05, 4.69) is 9.55 Å². The van der Waals surface area contributed by atoms with Gasteiger partial charge >= 0.3 is 0 Å². The Hall–Kier alpha value is -1.66. The second-order valence-electron chi connectivity index (χ2n) is 5.24. The second-order valence-corrected chi connectivity index (χ2v) is 7.28. The van der Waals surface area contributed by atoms with E-state index in [0.717, 1.165) is 11.3 Å². The first-order valence-corrected chi connectivity index (χ1v) is 8.79. The molecule has 0 N–H and O–H groups in total. The third kappa shape index (κ3) is 2.61. The van der Waals surface area contributed by atoms with Crippen LogP contribution >= 0.6 is 0 Å². The van der Waals surface area contributed by atoms with E-state index in [4.69, 9.17) is 0 Å². The molecule has 6 heteroatoms. The molecule has 0 spiro atoms. The summed E-state index contributed by atoms with van der Waals surface area (Å²) in [5.74, 6) is 0.185. The molecule has 1 atom stereocenters. The first kappa shape index (κ1) is 14.3. The Morgan fingerprint density at radius 1 is 1.29 bits per heavy atom. The Kier molecular flexibility index (Phi) is 3.82. The van der Waals surface area contributed by atoms with E-state index in [-0.39, 0.29) is 11.8 Å². The minimum Gasteiger partial charge on any atom is -0.348 e. The van der Waals surface area contributed by atoms with Gasteiger partial charge in [-0.05, 0) is 30.2 Å². The average Bonchev–Trinajstić information content (AvgIpc) is 2.95. The molecule has 1 unspecified atom stereocenters. The number of fused-ring (bicyclic) bond motifs is 1. The normalized spacial score (nSPS) is 19.4. The molecule has 2 aromatic heterocycles. The molecule has 5 nitrogen and oxygen atoms in total. The molecular weight excluding hydrogens is 286 g/mol. The van der Waals surface area contributed by atoms with Gasteiger partial charge in [-0.2, -0.15) is 4.31 Å². The van der Waals surface area contributed by atoms with Crippen molar-refractivity contribution in [3.8, 4) is 0 Å². The molecule has 0 amide bonds. The van der Waals surface area contributed by atoms with Crippen molar-refractivity contribution >= 4 is 10.0 Å². The molecule has 0 fully saturated rings. The van der Waals surface area contributed by atoms with Gasteiger partial charge in [0.25, 0.3) is 0 Å². The lowest BCUT2D eigenvalue weighted by molar-refractivity contribution is 0.298. The highest BCUT2D eigenvalue weighted by Crippen LogP contribution is 2.34. The molecule has 0 aliphatic carbocycles. The van der Waals surface area contributed by atoms with Crippen molar-refractivity contribution in [3.05, 3.63) is 54.1 Å². The highest BCUT2D eigenvalue weighted by molar-refractivity contribution is 7.89. The molecule has 3 rings (SSSR count). The molecule has 1 aliphatic heterocycles. The smallest absolute Gasteiger partial charge is 0.215 e. The third-order valence-electron chi connectivity index (χ3n) is 3.81. The van der Waals surface area contributed by atoms with Gasteiger partial charge in [0, 0.05) is 37.4 Å². The summed E-state index contributed by atoms with van der Waals surface area (Å²) >= 11 is 0. The van der Waals surface area contributed by atoms with Gasteiger partial charge in [0.2, 0.25) is 10.0 Å². The highest BCUT2D eigenvalue weighted by atomic mass is 32.2. The Morgan fingerprint density at radius 2 is 2.14 bits per heavy atom. The number of pyridine rings is 1. The van der Waals surface area contributed by atoms with Gasteiger partial charge in [0.15, 0.2) is 0 Å². The molecule has 1 aliphatic rings. The molecule has 112 valence electrons. The van der Waals surface area contributed by atoms with Crippen LogP contribution in [0.1, 0.15) is 30.6 Å². The molecular formula is C15H19N3O2S. The van der Waals surface area contributed by atoms with E-state index in [0.29, 0.717) is 19.5 Å². The maximum Gasteiger partial charge on any atom is 0.215 e. The van der Waals surface area contributed by atoms with Crippen LogP contribution in [0.25, 0.3) is 0 Å². The van der Waals surface area contributed by atoms with E-state index < -0.39 is 10.0 Å². The van der Waals surface area contributed by atoms with Crippen molar-refractivity contribution in [2.75, 3.05) is 12.3 Å². The summed E-state index contributed by atoms with van der Waals surface area (Å²) in [7, 11) is -3.26. The van der Waals surface area contributed by atoms with Gasteiger partial charge in [-0.15, -0.1) is 0 Å². The van der Waals surface area contributed by atoms with Gasteiger partial charge in [-0.3, -0.25) is 4.98 Å². The van der Waals surface area contributed by atoms with Crippen LogP contribution in [0, 0.1) is 0 Å². The third-order valence-corrected chi connectivity index (χ3v) is 5.85. The van der Waals surface area contributed by atoms with Crippen molar-refractivity contribution in [2.45, 2.75) is 25.9 Å². The topological polar surface area (TPSA) is 55.2 Å². The Labute approximate surface area is 125 Å². The first-order valence-electron chi connectivity index (χ1n) is 7.18. The summed E-state index contributed by atoms with van der Waals surface area (Å²) in [6.07, 6.45) is 6.08. The predicted octanol–water partition coefficient (Wildman–Crippen LogP) is 2.03. The monoisotopic (exact) mass is 305 g/mol. The Balaban J connectivity index is 2.09. The summed E-state index contributed by atoms with van der Waals surface area (Å²) in [5.41, 5.74) is 1.92. The number of rotatable bonds is 4. The minimum absolute atomic E-state index is 0.185. The zero-order valence-electron chi connectivity index (χ0n) is 12.0. The first-order chi connectivity index (χ1) is 10.1. The summed E-state index contributed by atoms with van der Waals surface area (Å²) in [6, 6.07) is 7.47. The summed E-state index contributed by atoms with van der Waals surface area (Å²) in [5, 5.41) is 0. The lowest BCUT2D eigenvalue weighted by atomic mass is 10.0. The molecule has 2 aromatic rings.